The second kappa shape index (κ2) is 7.30. The fourth-order valence-corrected chi connectivity index (χ4v) is 4.36. The molecule has 3 rings (SSSR count). The molecule has 1 aliphatic heterocycles. The van der Waals surface area contributed by atoms with Crippen molar-refractivity contribution in [2.75, 3.05) is 33.9 Å². The molecular formula is C17H26N2O3S. The van der Waals surface area contributed by atoms with Gasteiger partial charge in [-0.2, -0.15) is 0 Å². The van der Waals surface area contributed by atoms with E-state index in [1.807, 2.05) is 11.3 Å². The van der Waals surface area contributed by atoms with Crippen molar-refractivity contribution in [3.8, 4) is 0 Å². The Labute approximate surface area is 142 Å². The van der Waals surface area contributed by atoms with E-state index in [1.165, 1.54) is 9.75 Å². The van der Waals surface area contributed by atoms with E-state index in [4.69, 9.17) is 9.47 Å². The summed E-state index contributed by atoms with van der Waals surface area (Å²) in [5, 5.41) is 0. The smallest absolute Gasteiger partial charge is 0.248 e. The van der Waals surface area contributed by atoms with Crippen LogP contribution in [0.25, 0.3) is 0 Å². The summed E-state index contributed by atoms with van der Waals surface area (Å²) in [5.41, 5.74) is 0. The molecule has 3 atom stereocenters. The molecule has 0 aromatic carbocycles. The summed E-state index contributed by atoms with van der Waals surface area (Å²) in [7, 11) is 3.51. The van der Waals surface area contributed by atoms with E-state index in [1.54, 1.807) is 19.0 Å². The number of carbonyl (C=O) groups is 1. The molecule has 1 saturated carbocycles. The van der Waals surface area contributed by atoms with Crippen molar-refractivity contribution in [2.45, 2.75) is 44.6 Å². The van der Waals surface area contributed by atoms with Crippen LogP contribution < -0.4 is 0 Å². The molecule has 1 aromatic rings. The van der Waals surface area contributed by atoms with E-state index in [9.17, 15) is 4.79 Å². The first-order chi connectivity index (χ1) is 11.0. The minimum absolute atomic E-state index is 0.00942. The van der Waals surface area contributed by atoms with Gasteiger partial charge in [-0.25, -0.2) is 0 Å². The quantitative estimate of drug-likeness (QED) is 0.822. The molecule has 2 heterocycles. The largest absolute Gasteiger partial charge is 0.373 e. The van der Waals surface area contributed by atoms with Crippen LogP contribution in [0.4, 0.5) is 0 Å². The van der Waals surface area contributed by atoms with Crippen LogP contribution in [-0.4, -0.2) is 67.8 Å². The Morgan fingerprint density at radius 1 is 1.43 bits per heavy atom. The van der Waals surface area contributed by atoms with E-state index in [0.717, 1.165) is 32.5 Å². The second-order valence-electron chi connectivity index (χ2n) is 6.60. The van der Waals surface area contributed by atoms with Crippen LogP contribution in [-0.2, 0) is 20.8 Å². The maximum Gasteiger partial charge on any atom is 0.248 e. The topological polar surface area (TPSA) is 42.0 Å². The third kappa shape index (κ3) is 3.94. The summed E-state index contributed by atoms with van der Waals surface area (Å²) < 4.78 is 11.9. The van der Waals surface area contributed by atoms with Crippen LogP contribution in [0.15, 0.2) is 12.1 Å². The molecule has 0 unspecified atom stereocenters. The lowest BCUT2D eigenvalue weighted by Crippen LogP contribution is -2.51. The lowest BCUT2D eigenvalue weighted by atomic mass is 10.1. The highest BCUT2D eigenvalue weighted by molar-refractivity contribution is 7.11. The molecular weight excluding hydrogens is 312 g/mol. The van der Waals surface area contributed by atoms with E-state index >= 15 is 0 Å². The van der Waals surface area contributed by atoms with Crippen molar-refractivity contribution in [2.24, 2.45) is 0 Å². The van der Waals surface area contributed by atoms with Crippen molar-refractivity contribution in [1.29, 1.82) is 0 Å². The van der Waals surface area contributed by atoms with Crippen LogP contribution in [0.2, 0.25) is 0 Å². The second-order valence-corrected chi connectivity index (χ2v) is 7.97. The monoisotopic (exact) mass is 338 g/mol. The zero-order valence-corrected chi connectivity index (χ0v) is 15.0. The summed E-state index contributed by atoms with van der Waals surface area (Å²) in [6.45, 7) is 5.01. The Balaban J connectivity index is 1.57. The first-order valence-corrected chi connectivity index (χ1v) is 9.09. The number of amides is 1. The minimum atomic E-state index is 0.00942. The Hall–Kier alpha value is -0.950. The van der Waals surface area contributed by atoms with Crippen molar-refractivity contribution in [1.82, 2.24) is 9.80 Å². The van der Waals surface area contributed by atoms with Gasteiger partial charge in [0.05, 0.1) is 18.8 Å². The van der Waals surface area contributed by atoms with Gasteiger partial charge in [0, 0.05) is 43.0 Å². The van der Waals surface area contributed by atoms with Gasteiger partial charge in [-0.05, 0) is 31.9 Å². The number of ether oxygens (including phenoxy) is 2. The molecule has 5 nitrogen and oxygen atoms in total. The van der Waals surface area contributed by atoms with E-state index in [0.29, 0.717) is 6.04 Å². The van der Waals surface area contributed by atoms with Crippen molar-refractivity contribution in [3.05, 3.63) is 21.9 Å². The van der Waals surface area contributed by atoms with Gasteiger partial charge in [0.2, 0.25) is 5.91 Å². The first-order valence-electron chi connectivity index (χ1n) is 8.27. The maximum atomic E-state index is 11.7. The van der Waals surface area contributed by atoms with Crippen LogP contribution in [0.3, 0.4) is 0 Å². The summed E-state index contributed by atoms with van der Waals surface area (Å²) >= 11 is 1.87. The highest BCUT2D eigenvalue weighted by atomic mass is 32.1. The number of morpholine rings is 1. The van der Waals surface area contributed by atoms with Gasteiger partial charge >= 0.3 is 0 Å². The van der Waals surface area contributed by atoms with Crippen LogP contribution in [0, 0.1) is 6.92 Å². The standard InChI is InChI=1S/C17H26N2O3S/c1-12-4-5-13(23-12)10-19-8-9-21-17-14(19)6-7-15(17)22-11-16(20)18(2)3/h4-5,14-15,17H,6-11H2,1-3H3/t14-,15+,17+/m0/s1. The van der Waals surface area contributed by atoms with E-state index in [2.05, 4.69) is 24.0 Å². The van der Waals surface area contributed by atoms with Gasteiger partial charge in [-0.15, -0.1) is 11.3 Å². The molecule has 0 N–H and O–H groups in total. The zero-order valence-electron chi connectivity index (χ0n) is 14.2. The number of rotatable bonds is 5. The van der Waals surface area contributed by atoms with Gasteiger partial charge < -0.3 is 14.4 Å². The molecule has 2 aliphatic rings. The van der Waals surface area contributed by atoms with Crippen LogP contribution in [0.5, 0.6) is 0 Å². The Kier molecular flexibility index (Phi) is 5.36. The predicted molar refractivity (Wildman–Crippen MR) is 90.7 cm³/mol. The van der Waals surface area contributed by atoms with Gasteiger partial charge in [0.15, 0.2) is 0 Å². The molecule has 1 saturated heterocycles. The van der Waals surface area contributed by atoms with E-state index in [-0.39, 0.29) is 24.7 Å². The zero-order chi connectivity index (χ0) is 16.4. The average molecular weight is 338 g/mol. The number of nitrogens with zero attached hydrogens (tertiary/aromatic N) is 2. The molecule has 0 bridgehead atoms. The van der Waals surface area contributed by atoms with Crippen molar-refractivity contribution in [3.63, 3.8) is 0 Å². The van der Waals surface area contributed by atoms with Gasteiger partial charge in [0.25, 0.3) is 0 Å². The SMILES string of the molecule is Cc1ccc(CN2CCO[C@H]3[C@H](OCC(=O)N(C)C)CC[C@@H]32)s1. The Morgan fingerprint density at radius 2 is 2.26 bits per heavy atom. The van der Waals surface area contributed by atoms with Gasteiger partial charge in [-0.3, -0.25) is 9.69 Å². The fourth-order valence-electron chi connectivity index (χ4n) is 3.44. The number of aryl methyl sites for hydroxylation is 1. The van der Waals surface area contributed by atoms with Crippen molar-refractivity contribution < 1.29 is 14.3 Å². The number of fused-ring (bicyclic) bond motifs is 1. The lowest BCUT2D eigenvalue weighted by Gasteiger charge is -2.38. The number of hydrogen-bond donors (Lipinski definition) is 0. The molecule has 1 aromatic heterocycles. The third-order valence-electron chi connectivity index (χ3n) is 4.73. The summed E-state index contributed by atoms with van der Waals surface area (Å²) in [4.78, 5) is 18.6. The molecule has 128 valence electrons. The highest BCUT2D eigenvalue weighted by Crippen LogP contribution is 2.33. The van der Waals surface area contributed by atoms with E-state index < -0.39 is 0 Å². The summed E-state index contributed by atoms with van der Waals surface area (Å²) in [6, 6.07) is 4.82. The minimum Gasteiger partial charge on any atom is -0.373 e. The Morgan fingerprint density at radius 3 is 2.96 bits per heavy atom. The predicted octanol–water partition coefficient (Wildman–Crippen LogP) is 1.89. The molecule has 6 heteroatoms. The third-order valence-corrected chi connectivity index (χ3v) is 5.71. The summed E-state index contributed by atoms with van der Waals surface area (Å²) in [5.74, 6) is 0.00942. The van der Waals surface area contributed by atoms with Crippen molar-refractivity contribution >= 4 is 17.2 Å². The average Bonchev–Trinajstić information content (AvgIpc) is 3.11. The fraction of sp³-hybridized carbons (Fsp3) is 0.706. The van der Waals surface area contributed by atoms with Crippen LogP contribution >= 0.6 is 11.3 Å². The number of carbonyl (C=O) groups excluding carboxylic acids is 1. The summed E-state index contributed by atoms with van der Waals surface area (Å²) in [6.07, 6.45) is 2.18. The molecule has 1 aliphatic carbocycles. The van der Waals surface area contributed by atoms with Gasteiger partial charge in [-0.1, -0.05) is 0 Å². The molecule has 0 spiro atoms. The highest BCUT2D eigenvalue weighted by Gasteiger charge is 2.43. The molecule has 1 amide bonds. The molecule has 0 radical (unpaired) electrons. The Bertz CT molecular complexity index is 546. The normalized spacial score (nSPS) is 27.9. The van der Waals surface area contributed by atoms with Gasteiger partial charge in [0.1, 0.15) is 6.61 Å². The number of likely N-dealkylation sites (N-methyl/N-ethyl adjacent to an activating group) is 1. The number of hydrogen-bond acceptors (Lipinski definition) is 5. The molecule has 2 fully saturated rings. The maximum absolute atomic E-state index is 11.7. The van der Waals surface area contributed by atoms with Crippen LogP contribution in [0.1, 0.15) is 22.6 Å². The lowest BCUT2D eigenvalue weighted by molar-refractivity contribution is -0.144. The number of thiophene rings is 1. The molecule has 23 heavy (non-hydrogen) atoms. The first kappa shape index (κ1) is 16.9.